The second-order valence-electron chi connectivity index (χ2n) is 4.23. The van der Waals surface area contributed by atoms with Gasteiger partial charge in [0.15, 0.2) is 5.16 Å². The maximum Gasteiger partial charge on any atom is 0.237 e. The Labute approximate surface area is 131 Å². The number of nitrogens with one attached hydrogen (secondary N) is 1. The highest BCUT2D eigenvalue weighted by Gasteiger charge is 2.17. The molecule has 0 unspecified atom stereocenters. The fourth-order valence-corrected chi connectivity index (χ4v) is 2.90. The summed E-state index contributed by atoms with van der Waals surface area (Å²) >= 11 is 13.2. The van der Waals surface area contributed by atoms with Crippen molar-refractivity contribution in [2.45, 2.75) is 17.3 Å². The van der Waals surface area contributed by atoms with E-state index in [2.05, 4.69) is 10.3 Å². The number of aromatic nitrogens is 2. The predicted molar refractivity (Wildman–Crippen MR) is 83.6 cm³/mol. The summed E-state index contributed by atoms with van der Waals surface area (Å²) in [4.78, 5) is 16.3. The molecule has 0 saturated carbocycles. The Morgan fingerprint density at radius 3 is 2.55 bits per heavy atom. The number of imidazole rings is 1. The number of nitrogens with zero attached hydrogens (tertiary/aromatic N) is 2. The summed E-state index contributed by atoms with van der Waals surface area (Å²) in [7, 11) is 1.89. The molecule has 1 heterocycles. The smallest absolute Gasteiger partial charge is 0.237 e. The average Bonchev–Trinajstić information content (AvgIpc) is 2.73. The highest BCUT2D eigenvalue weighted by atomic mass is 35.5. The first-order valence-electron chi connectivity index (χ1n) is 5.86. The van der Waals surface area contributed by atoms with E-state index in [0.29, 0.717) is 15.7 Å². The van der Waals surface area contributed by atoms with Gasteiger partial charge in [0, 0.05) is 35.2 Å². The third-order valence-electron chi connectivity index (χ3n) is 2.56. The minimum atomic E-state index is -0.283. The predicted octanol–water partition coefficient (Wildman–Crippen LogP) is 3.85. The Balaban J connectivity index is 2.02. The van der Waals surface area contributed by atoms with Crippen molar-refractivity contribution in [3.05, 3.63) is 40.6 Å². The van der Waals surface area contributed by atoms with Gasteiger partial charge in [-0.25, -0.2) is 4.98 Å². The maximum atomic E-state index is 12.1. The number of anilines is 1. The van der Waals surface area contributed by atoms with Crippen molar-refractivity contribution < 1.29 is 4.79 Å². The number of amides is 1. The van der Waals surface area contributed by atoms with Crippen molar-refractivity contribution in [3.8, 4) is 0 Å². The van der Waals surface area contributed by atoms with E-state index in [0.717, 1.165) is 5.16 Å². The van der Waals surface area contributed by atoms with Gasteiger partial charge in [0.2, 0.25) is 5.91 Å². The number of rotatable bonds is 4. The molecule has 2 aromatic rings. The van der Waals surface area contributed by atoms with Crippen LogP contribution in [-0.2, 0) is 11.8 Å². The van der Waals surface area contributed by atoms with Crippen molar-refractivity contribution in [1.29, 1.82) is 0 Å². The minimum Gasteiger partial charge on any atom is -0.329 e. The van der Waals surface area contributed by atoms with Crippen molar-refractivity contribution in [2.75, 3.05) is 5.32 Å². The molecule has 0 aliphatic heterocycles. The van der Waals surface area contributed by atoms with Gasteiger partial charge in [-0.15, -0.1) is 0 Å². The molecule has 0 saturated heterocycles. The third-order valence-corrected chi connectivity index (χ3v) is 4.17. The molecule has 2 rings (SSSR count). The highest BCUT2D eigenvalue weighted by Crippen LogP contribution is 2.25. The van der Waals surface area contributed by atoms with Gasteiger partial charge in [-0.3, -0.25) is 4.79 Å². The van der Waals surface area contributed by atoms with Crippen molar-refractivity contribution in [1.82, 2.24) is 9.55 Å². The molecule has 1 aromatic heterocycles. The number of carbonyl (C=O) groups excluding carboxylic acids is 1. The second kappa shape index (κ2) is 6.52. The molecule has 0 bridgehead atoms. The number of benzene rings is 1. The van der Waals surface area contributed by atoms with Gasteiger partial charge < -0.3 is 9.88 Å². The molecule has 7 heteroatoms. The molecule has 0 aliphatic rings. The van der Waals surface area contributed by atoms with E-state index in [-0.39, 0.29) is 11.2 Å². The highest BCUT2D eigenvalue weighted by molar-refractivity contribution is 8.00. The van der Waals surface area contributed by atoms with Crippen LogP contribution in [0.5, 0.6) is 0 Å². The summed E-state index contributed by atoms with van der Waals surface area (Å²) < 4.78 is 1.87. The van der Waals surface area contributed by atoms with E-state index >= 15 is 0 Å². The largest absolute Gasteiger partial charge is 0.329 e. The van der Waals surface area contributed by atoms with E-state index in [1.165, 1.54) is 11.8 Å². The van der Waals surface area contributed by atoms with Crippen LogP contribution >= 0.6 is 35.0 Å². The van der Waals surface area contributed by atoms with Crippen LogP contribution in [-0.4, -0.2) is 20.7 Å². The molecule has 106 valence electrons. The normalized spacial score (nSPS) is 12.2. The summed E-state index contributed by atoms with van der Waals surface area (Å²) in [6.07, 6.45) is 3.54. The van der Waals surface area contributed by atoms with Crippen LogP contribution in [0.2, 0.25) is 10.0 Å². The van der Waals surface area contributed by atoms with Gasteiger partial charge in [0.05, 0.1) is 5.25 Å². The second-order valence-corrected chi connectivity index (χ2v) is 6.41. The molecular weight excluding hydrogens is 317 g/mol. The summed E-state index contributed by atoms with van der Waals surface area (Å²) in [6, 6.07) is 4.93. The lowest BCUT2D eigenvalue weighted by Gasteiger charge is -2.12. The quantitative estimate of drug-likeness (QED) is 0.866. The van der Waals surface area contributed by atoms with E-state index in [4.69, 9.17) is 23.2 Å². The van der Waals surface area contributed by atoms with Crippen LogP contribution in [0.3, 0.4) is 0 Å². The van der Waals surface area contributed by atoms with Crippen LogP contribution in [0, 0.1) is 0 Å². The Morgan fingerprint density at radius 2 is 2.00 bits per heavy atom. The van der Waals surface area contributed by atoms with E-state index in [1.54, 1.807) is 24.4 Å². The molecule has 1 N–H and O–H groups in total. The van der Waals surface area contributed by atoms with E-state index in [1.807, 2.05) is 24.7 Å². The van der Waals surface area contributed by atoms with Gasteiger partial charge in [0.1, 0.15) is 0 Å². The first-order valence-corrected chi connectivity index (χ1v) is 7.50. The molecule has 4 nitrogen and oxygen atoms in total. The molecule has 1 atom stereocenters. The lowest BCUT2D eigenvalue weighted by molar-refractivity contribution is -0.115. The number of aryl methyl sites for hydroxylation is 1. The average molecular weight is 330 g/mol. The molecule has 20 heavy (non-hydrogen) atoms. The zero-order valence-corrected chi connectivity index (χ0v) is 13.3. The third kappa shape index (κ3) is 3.91. The number of halogens is 2. The molecule has 0 radical (unpaired) electrons. The zero-order valence-electron chi connectivity index (χ0n) is 10.9. The topological polar surface area (TPSA) is 46.9 Å². The SMILES string of the molecule is C[C@H](Sc1nccn1C)C(=O)Nc1cc(Cl)cc(Cl)c1. The van der Waals surface area contributed by atoms with Crippen LogP contribution in [0.1, 0.15) is 6.92 Å². The van der Waals surface area contributed by atoms with Gasteiger partial charge >= 0.3 is 0 Å². The van der Waals surface area contributed by atoms with Crippen LogP contribution < -0.4 is 5.32 Å². The Bertz CT molecular complexity index is 610. The molecule has 1 amide bonds. The monoisotopic (exact) mass is 329 g/mol. The van der Waals surface area contributed by atoms with Crippen molar-refractivity contribution in [2.24, 2.45) is 7.05 Å². The van der Waals surface area contributed by atoms with Crippen molar-refractivity contribution in [3.63, 3.8) is 0 Å². The molecular formula is C13H13Cl2N3OS. The first kappa shape index (κ1) is 15.2. The molecule has 0 fully saturated rings. The van der Waals surface area contributed by atoms with Crippen molar-refractivity contribution >= 4 is 46.6 Å². The fourth-order valence-electron chi connectivity index (χ4n) is 1.55. The van der Waals surface area contributed by atoms with Crippen LogP contribution in [0.4, 0.5) is 5.69 Å². The van der Waals surface area contributed by atoms with E-state index in [9.17, 15) is 4.79 Å². The van der Waals surface area contributed by atoms with Gasteiger partial charge in [-0.05, 0) is 25.1 Å². The van der Waals surface area contributed by atoms with E-state index < -0.39 is 0 Å². The van der Waals surface area contributed by atoms with Crippen LogP contribution in [0.25, 0.3) is 0 Å². The summed E-state index contributed by atoms with van der Waals surface area (Å²) in [5.41, 5.74) is 0.583. The van der Waals surface area contributed by atoms with Gasteiger partial charge in [-0.1, -0.05) is 35.0 Å². The lowest BCUT2D eigenvalue weighted by Crippen LogP contribution is -2.22. The van der Waals surface area contributed by atoms with Crippen LogP contribution in [0.15, 0.2) is 35.7 Å². The standard InChI is InChI=1S/C13H13Cl2N3OS/c1-8(20-13-16-3-4-18(13)2)12(19)17-11-6-9(14)5-10(15)7-11/h3-8H,1-2H3,(H,17,19)/t8-/m0/s1. The Kier molecular flexibility index (Phi) is 4.96. The fraction of sp³-hybridized carbons (Fsp3) is 0.231. The molecule has 1 aromatic carbocycles. The number of thioether (sulfide) groups is 1. The molecule has 0 aliphatic carbocycles. The summed E-state index contributed by atoms with van der Waals surface area (Å²) in [6.45, 7) is 1.82. The molecule has 0 spiro atoms. The number of hydrogen-bond acceptors (Lipinski definition) is 3. The Morgan fingerprint density at radius 1 is 1.35 bits per heavy atom. The summed E-state index contributed by atoms with van der Waals surface area (Å²) in [5.74, 6) is -0.128. The minimum absolute atomic E-state index is 0.128. The zero-order chi connectivity index (χ0) is 14.7. The number of hydrogen-bond donors (Lipinski definition) is 1. The van der Waals surface area contributed by atoms with Gasteiger partial charge in [0.25, 0.3) is 0 Å². The summed E-state index contributed by atoms with van der Waals surface area (Å²) in [5, 5.41) is 4.26. The van der Waals surface area contributed by atoms with Gasteiger partial charge in [-0.2, -0.15) is 0 Å². The number of carbonyl (C=O) groups is 1. The maximum absolute atomic E-state index is 12.1. The lowest BCUT2D eigenvalue weighted by atomic mass is 10.3. The Hall–Kier alpha value is -1.17. The first-order chi connectivity index (χ1) is 9.45.